The fourth-order valence-corrected chi connectivity index (χ4v) is 1.50. The summed E-state index contributed by atoms with van der Waals surface area (Å²) in [6, 6.07) is 4.57. The molecule has 3 N–H and O–H groups in total. The van der Waals surface area contributed by atoms with E-state index < -0.39 is 17.9 Å². The highest BCUT2D eigenvalue weighted by Gasteiger charge is 2.22. The van der Waals surface area contributed by atoms with Crippen molar-refractivity contribution in [1.29, 1.82) is 0 Å². The molecule has 0 bridgehead atoms. The van der Waals surface area contributed by atoms with Crippen molar-refractivity contribution in [2.45, 2.75) is 13.0 Å². The highest BCUT2D eigenvalue weighted by molar-refractivity contribution is 5.85. The van der Waals surface area contributed by atoms with E-state index in [-0.39, 0.29) is 12.4 Å². The van der Waals surface area contributed by atoms with Gasteiger partial charge in [0, 0.05) is 6.04 Å². The van der Waals surface area contributed by atoms with Crippen molar-refractivity contribution >= 4 is 18.4 Å². The van der Waals surface area contributed by atoms with E-state index in [9.17, 15) is 4.79 Å². The molecule has 1 aromatic carbocycles. The van der Waals surface area contributed by atoms with Crippen LogP contribution in [0.25, 0.3) is 0 Å². The zero-order valence-electron chi connectivity index (χ0n) is 10.5. The molecule has 0 aromatic heterocycles. The molecule has 6 heteroatoms. The van der Waals surface area contributed by atoms with Crippen molar-refractivity contribution in [3.05, 3.63) is 23.8 Å². The van der Waals surface area contributed by atoms with Crippen molar-refractivity contribution < 1.29 is 19.4 Å². The number of hydrogen-bond acceptors (Lipinski definition) is 4. The van der Waals surface area contributed by atoms with Crippen LogP contribution in [-0.2, 0) is 4.79 Å². The van der Waals surface area contributed by atoms with E-state index in [2.05, 4.69) is 0 Å². The fraction of sp³-hybridized carbons (Fsp3) is 0.417. The third kappa shape index (κ3) is 3.51. The molecule has 1 rings (SSSR count). The number of rotatable bonds is 5. The summed E-state index contributed by atoms with van der Waals surface area (Å²) in [6.45, 7) is 1.57. The van der Waals surface area contributed by atoms with Gasteiger partial charge >= 0.3 is 5.97 Å². The minimum atomic E-state index is -0.924. The van der Waals surface area contributed by atoms with E-state index in [4.69, 9.17) is 20.3 Å². The molecule has 2 unspecified atom stereocenters. The Kier molecular flexibility index (Phi) is 6.51. The molecular weight excluding hydrogens is 258 g/mol. The van der Waals surface area contributed by atoms with E-state index in [1.165, 1.54) is 14.2 Å². The van der Waals surface area contributed by atoms with E-state index in [1.54, 1.807) is 25.1 Å². The SMILES string of the molecule is COc1ccc(C(N)C(C)C(=O)O)cc1OC.Cl. The molecule has 0 aliphatic rings. The molecule has 2 atom stereocenters. The first kappa shape index (κ1) is 16.5. The zero-order chi connectivity index (χ0) is 13.0. The normalized spacial score (nSPS) is 13.1. The Balaban J connectivity index is 0.00000289. The van der Waals surface area contributed by atoms with Crippen LogP contribution in [0.2, 0.25) is 0 Å². The molecule has 0 aliphatic heterocycles. The van der Waals surface area contributed by atoms with Crippen LogP contribution < -0.4 is 15.2 Å². The molecule has 1 aromatic rings. The van der Waals surface area contributed by atoms with E-state index in [0.29, 0.717) is 17.1 Å². The molecule has 102 valence electrons. The second kappa shape index (κ2) is 7.08. The van der Waals surface area contributed by atoms with Gasteiger partial charge in [0.25, 0.3) is 0 Å². The number of ether oxygens (including phenoxy) is 2. The van der Waals surface area contributed by atoms with Crippen molar-refractivity contribution in [2.75, 3.05) is 14.2 Å². The number of aliphatic carboxylic acids is 1. The maximum Gasteiger partial charge on any atom is 0.308 e. The molecule has 0 saturated carbocycles. The summed E-state index contributed by atoms with van der Waals surface area (Å²) in [6.07, 6.45) is 0. The largest absolute Gasteiger partial charge is 0.493 e. The van der Waals surface area contributed by atoms with Crippen molar-refractivity contribution in [3.8, 4) is 11.5 Å². The van der Waals surface area contributed by atoms with E-state index in [1.807, 2.05) is 0 Å². The van der Waals surface area contributed by atoms with Crippen molar-refractivity contribution in [1.82, 2.24) is 0 Å². The van der Waals surface area contributed by atoms with Crippen LogP contribution in [0, 0.1) is 5.92 Å². The summed E-state index contributed by atoms with van der Waals surface area (Å²) in [4.78, 5) is 10.9. The summed E-state index contributed by atoms with van der Waals surface area (Å²) in [5.74, 6) is -0.454. The minimum absolute atomic E-state index is 0. The van der Waals surface area contributed by atoms with Crippen LogP contribution in [0.5, 0.6) is 11.5 Å². The molecule has 0 spiro atoms. The van der Waals surface area contributed by atoms with Crippen molar-refractivity contribution in [3.63, 3.8) is 0 Å². The van der Waals surface area contributed by atoms with Gasteiger partial charge in [0.15, 0.2) is 11.5 Å². The first-order valence-electron chi connectivity index (χ1n) is 5.21. The molecule has 0 heterocycles. The van der Waals surface area contributed by atoms with Gasteiger partial charge in [0.2, 0.25) is 0 Å². The Morgan fingerprint density at radius 2 is 1.83 bits per heavy atom. The second-order valence-electron chi connectivity index (χ2n) is 3.77. The van der Waals surface area contributed by atoms with Gasteiger partial charge in [-0.1, -0.05) is 13.0 Å². The van der Waals surface area contributed by atoms with E-state index >= 15 is 0 Å². The second-order valence-corrected chi connectivity index (χ2v) is 3.77. The predicted molar refractivity (Wildman–Crippen MR) is 70.5 cm³/mol. The van der Waals surface area contributed by atoms with Crippen LogP contribution in [0.3, 0.4) is 0 Å². The first-order valence-corrected chi connectivity index (χ1v) is 5.21. The number of carboxylic acids is 1. The lowest BCUT2D eigenvalue weighted by Gasteiger charge is -2.18. The molecule has 0 radical (unpaired) electrons. The van der Waals surface area contributed by atoms with Gasteiger partial charge in [-0.3, -0.25) is 4.79 Å². The quantitative estimate of drug-likeness (QED) is 0.857. The Labute approximate surface area is 112 Å². The molecule has 0 saturated heterocycles. The number of benzene rings is 1. The van der Waals surface area contributed by atoms with Gasteiger partial charge in [-0.15, -0.1) is 12.4 Å². The number of nitrogens with two attached hydrogens (primary N) is 1. The number of hydrogen-bond donors (Lipinski definition) is 2. The fourth-order valence-electron chi connectivity index (χ4n) is 1.50. The molecular formula is C12H18ClNO4. The highest BCUT2D eigenvalue weighted by Crippen LogP contribution is 2.31. The number of carboxylic acid groups (broad SMARTS) is 1. The molecule has 18 heavy (non-hydrogen) atoms. The van der Waals surface area contributed by atoms with Gasteiger partial charge in [0.05, 0.1) is 20.1 Å². The molecule has 0 fully saturated rings. The van der Waals surface area contributed by atoms with Gasteiger partial charge < -0.3 is 20.3 Å². The topological polar surface area (TPSA) is 81.8 Å². The monoisotopic (exact) mass is 275 g/mol. The predicted octanol–water partition coefficient (Wildman–Crippen LogP) is 1.85. The maximum absolute atomic E-state index is 10.9. The zero-order valence-corrected chi connectivity index (χ0v) is 11.4. The summed E-state index contributed by atoms with van der Waals surface area (Å²) < 4.78 is 10.2. The van der Waals surface area contributed by atoms with Crippen LogP contribution in [0.4, 0.5) is 0 Å². The highest BCUT2D eigenvalue weighted by atomic mass is 35.5. The van der Waals surface area contributed by atoms with Gasteiger partial charge in [-0.05, 0) is 17.7 Å². The Morgan fingerprint density at radius 1 is 1.28 bits per heavy atom. The van der Waals surface area contributed by atoms with Crippen LogP contribution in [0.15, 0.2) is 18.2 Å². The minimum Gasteiger partial charge on any atom is -0.493 e. The lowest BCUT2D eigenvalue weighted by molar-refractivity contribution is -0.141. The van der Waals surface area contributed by atoms with Gasteiger partial charge in [0.1, 0.15) is 0 Å². The van der Waals surface area contributed by atoms with Gasteiger partial charge in [-0.2, -0.15) is 0 Å². The van der Waals surface area contributed by atoms with Crippen LogP contribution in [0.1, 0.15) is 18.5 Å². The summed E-state index contributed by atoms with van der Waals surface area (Å²) >= 11 is 0. The number of carbonyl (C=O) groups is 1. The standard InChI is InChI=1S/C12H17NO4.ClH/c1-7(12(14)15)11(13)8-4-5-9(16-2)10(6-8)17-3;/h4-7,11H,13H2,1-3H3,(H,14,15);1H. The van der Waals surface area contributed by atoms with E-state index in [0.717, 1.165) is 0 Å². The number of halogens is 1. The Bertz CT molecular complexity index is 411. The average molecular weight is 276 g/mol. The summed E-state index contributed by atoms with van der Waals surface area (Å²) in [5.41, 5.74) is 6.58. The lowest BCUT2D eigenvalue weighted by Crippen LogP contribution is -2.25. The third-order valence-corrected chi connectivity index (χ3v) is 2.72. The van der Waals surface area contributed by atoms with Gasteiger partial charge in [-0.25, -0.2) is 0 Å². The Morgan fingerprint density at radius 3 is 2.28 bits per heavy atom. The third-order valence-electron chi connectivity index (χ3n) is 2.72. The van der Waals surface area contributed by atoms with Crippen molar-refractivity contribution in [2.24, 2.45) is 11.7 Å². The lowest BCUT2D eigenvalue weighted by atomic mass is 9.95. The summed E-state index contributed by atoms with van der Waals surface area (Å²) in [5, 5.41) is 8.91. The summed E-state index contributed by atoms with van der Waals surface area (Å²) in [7, 11) is 3.06. The molecule has 5 nitrogen and oxygen atoms in total. The first-order chi connectivity index (χ1) is 8.01. The maximum atomic E-state index is 10.9. The van der Waals surface area contributed by atoms with Crippen LogP contribution >= 0.6 is 12.4 Å². The number of methoxy groups -OCH3 is 2. The average Bonchev–Trinajstić information content (AvgIpc) is 2.35. The molecule has 0 aliphatic carbocycles. The molecule has 0 amide bonds. The smallest absolute Gasteiger partial charge is 0.308 e. The Hall–Kier alpha value is -1.46. The van der Waals surface area contributed by atoms with Crippen LogP contribution in [-0.4, -0.2) is 25.3 Å².